The van der Waals surface area contributed by atoms with Gasteiger partial charge in [-0.25, -0.2) is 9.48 Å². The van der Waals surface area contributed by atoms with Crippen LogP contribution in [0.5, 0.6) is 0 Å². The number of thioether (sulfide) groups is 1. The molecule has 0 amide bonds. The zero-order valence-electron chi connectivity index (χ0n) is 14.8. The van der Waals surface area contributed by atoms with E-state index in [1.807, 2.05) is 50.2 Å². The summed E-state index contributed by atoms with van der Waals surface area (Å²) >= 11 is 8.50. The molecule has 0 saturated heterocycles. The van der Waals surface area contributed by atoms with Gasteiger partial charge in [-0.15, -0.1) is 5.10 Å². The molecule has 0 bridgehead atoms. The summed E-state index contributed by atoms with van der Waals surface area (Å²) in [6.45, 7) is 3.99. The van der Waals surface area contributed by atoms with Crippen molar-refractivity contribution in [3.05, 3.63) is 79.6 Å². The number of benzene rings is 2. The molecule has 2 aromatic carbocycles. The van der Waals surface area contributed by atoms with Gasteiger partial charge in [0.05, 0.1) is 5.69 Å². The Morgan fingerprint density at radius 1 is 1.19 bits per heavy atom. The molecule has 136 valence electrons. The average molecular weight is 413 g/mol. The van der Waals surface area contributed by atoms with Gasteiger partial charge in [-0.1, -0.05) is 53.4 Å². The van der Waals surface area contributed by atoms with Gasteiger partial charge < -0.3 is 4.42 Å². The minimum absolute atomic E-state index is 0.325. The van der Waals surface area contributed by atoms with Gasteiger partial charge in [-0.3, -0.25) is 0 Å². The fraction of sp³-hybridized carbons (Fsp3) is 0.150. The lowest BCUT2D eigenvalue weighted by atomic mass is 10.0. The lowest BCUT2D eigenvalue weighted by molar-refractivity contribution is 0.557. The van der Waals surface area contributed by atoms with Crippen molar-refractivity contribution in [1.29, 1.82) is 0 Å². The van der Waals surface area contributed by atoms with Crippen LogP contribution in [-0.4, -0.2) is 9.78 Å². The average Bonchev–Trinajstić information content (AvgIpc) is 3.04. The van der Waals surface area contributed by atoms with Crippen molar-refractivity contribution >= 4 is 46.3 Å². The van der Waals surface area contributed by atoms with E-state index in [0.29, 0.717) is 15.3 Å². The molecule has 0 aliphatic carbocycles. The third-order valence-electron chi connectivity index (χ3n) is 4.40. The molecule has 0 radical (unpaired) electrons. The molecule has 0 N–H and O–H groups in total. The highest BCUT2D eigenvalue weighted by molar-refractivity contribution is 8.00. The molecule has 4 nitrogen and oxygen atoms in total. The summed E-state index contributed by atoms with van der Waals surface area (Å²) in [6, 6.07) is 15.5. The Bertz CT molecular complexity index is 1240. The maximum absolute atomic E-state index is 12.0. The van der Waals surface area contributed by atoms with Crippen LogP contribution < -0.4 is 5.63 Å². The first-order valence-corrected chi connectivity index (χ1v) is 10.6. The highest BCUT2D eigenvalue weighted by atomic mass is 32.2. The van der Waals surface area contributed by atoms with Crippen LogP contribution in [0.3, 0.4) is 0 Å². The Labute approximate surface area is 169 Å². The van der Waals surface area contributed by atoms with E-state index in [0.717, 1.165) is 32.1 Å². The molecule has 4 aromatic rings. The number of rotatable bonds is 4. The zero-order chi connectivity index (χ0) is 19.0. The van der Waals surface area contributed by atoms with Gasteiger partial charge in [-0.2, -0.15) is 0 Å². The van der Waals surface area contributed by atoms with Crippen molar-refractivity contribution in [3.63, 3.8) is 0 Å². The van der Waals surface area contributed by atoms with Gasteiger partial charge >= 0.3 is 5.63 Å². The van der Waals surface area contributed by atoms with Crippen LogP contribution in [0, 0.1) is 17.8 Å². The van der Waals surface area contributed by atoms with Crippen LogP contribution in [0.2, 0.25) is 0 Å². The normalized spacial score (nSPS) is 11.2. The zero-order valence-corrected chi connectivity index (χ0v) is 17.2. The summed E-state index contributed by atoms with van der Waals surface area (Å²) in [5.41, 5.74) is 4.34. The largest absolute Gasteiger partial charge is 0.422 e. The Morgan fingerprint density at radius 3 is 2.74 bits per heavy atom. The van der Waals surface area contributed by atoms with E-state index in [2.05, 4.69) is 11.2 Å². The van der Waals surface area contributed by atoms with E-state index < -0.39 is 0 Å². The second kappa shape index (κ2) is 7.42. The molecule has 7 heteroatoms. The molecule has 4 rings (SSSR count). The quantitative estimate of drug-likeness (QED) is 0.245. The molecule has 2 aromatic heterocycles. The summed E-state index contributed by atoms with van der Waals surface area (Å²) in [5.74, 6) is 0.627. The third kappa shape index (κ3) is 3.63. The van der Waals surface area contributed by atoms with Gasteiger partial charge in [0.2, 0.25) is 0 Å². The maximum Gasteiger partial charge on any atom is 0.336 e. The highest BCUT2D eigenvalue weighted by Crippen LogP contribution is 2.30. The molecule has 27 heavy (non-hydrogen) atoms. The molecule has 2 heterocycles. The van der Waals surface area contributed by atoms with Crippen molar-refractivity contribution in [2.45, 2.75) is 23.9 Å². The van der Waals surface area contributed by atoms with Gasteiger partial charge in [0, 0.05) is 17.2 Å². The molecule has 0 aliphatic heterocycles. The van der Waals surface area contributed by atoms with Gasteiger partial charge in [-0.05, 0) is 54.9 Å². The molecular weight excluding hydrogens is 396 g/mol. The van der Waals surface area contributed by atoms with Crippen molar-refractivity contribution in [2.75, 3.05) is 0 Å². The lowest BCUT2D eigenvalue weighted by Crippen LogP contribution is -2.01. The fourth-order valence-corrected chi connectivity index (χ4v) is 5.19. The molecule has 0 atom stereocenters. The number of aryl methyl sites for hydroxylation is 2. The number of aromatic nitrogens is 2. The SMILES string of the molecule is Cc1ccc2c(CSc3nn(-c4ccccc4)c(=S)s3)cc(=O)oc2c1C. The highest BCUT2D eigenvalue weighted by Gasteiger charge is 2.12. The van der Waals surface area contributed by atoms with Crippen LogP contribution in [0.25, 0.3) is 16.7 Å². The topological polar surface area (TPSA) is 48.0 Å². The van der Waals surface area contributed by atoms with Crippen molar-refractivity contribution in [1.82, 2.24) is 9.78 Å². The Kier molecular flexibility index (Phi) is 4.99. The van der Waals surface area contributed by atoms with Crippen LogP contribution >= 0.6 is 35.3 Å². The monoisotopic (exact) mass is 412 g/mol. The molecular formula is C20H16N2O2S3. The second-order valence-corrected chi connectivity index (χ2v) is 8.99. The van der Waals surface area contributed by atoms with Crippen molar-refractivity contribution in [3.8, 4) is 5.69 Å². The Morgan fingerprint density at radius 2 is 1.96 bits per heavy atom. The summed E-state index contributed by atoms with van der Waals surface area (Å²) in [5, 5.41) is 5.59. The third-order valence-corrected chi connectivity index (χ3v) is 6.81. The first kappa shape index (κ1) is 18.2. The maximum atomic E-state index is 12.0. The summed E-state index contributed by atoms with van der Waals surface area (Å²) in [7, 11) is 0. The number of nitrogens with zero attached hydrogens (tertiary/aromatic N) is 2. The van der Waals surface area contributed by atoms with E-state index in [9.17, 15) is 4.79 Å². The van der Waals surface area contributed by atoms with Crippen LogP contribution in [-0.2, 0) is 5.75 Å². The molecule has 0 unspecified atom stereocenters. The van der Waals surface area contributed by atoms with E-state index in [4.69, 9.17) is 16.6 Å². The van der Waals surface area contributed by atoms with Crippen molar-refractivity contribution < 1.29 is 4.42 Å². The van der Waals surface area contributed by atoms with E-state index in [1.165, 1.54) is 11.3 Å². The van der Waals surface area contributed by atoms with E-state index >= 15 is 0 Å². The first-order valence-electron chi connectivity index (χ1n) is 8.34. The molecule has 0 aliphatic rings. The summed E-state index contributed by atoms with van der Waals surface area (Å²) in [4.78, 5) is 12.0. The van der Waals surface area contributed by atoms with Crippen LogP contribution in [0.15, 0.2) is 62.1 Å². The predicted molar refractivity (Wildman–Crippen MR) is 114 cm³/mol. The minimum Gasteiger partial charge on any atom is -0.422 e. The van der Waals surface area contributed by atoms with Gasteiger partial charge in [0.1, 0.15) is 5.58 Å². The standard InChI is InChI=1S/C20H16N2O2S3/c1-12-8-9-16-14(10-17(23)24-18(16)13(12)2)11-26-19-21-22(20(25)27-19)15-6-4-3-5-7-15/h3-10H,11H2,1-2H3. The molecule has 0 spiro atoms. The summed E-state index contributed by atoms with van der Waals surface area (Å²) in [6.07, 6.45) is 0. The van der Waals surface area contributed by atoms with Crippen LogP contribution in [0.4, 0.5) is 0 Å². The number of hydrogen-bond donors (Lipinski definition) is 0. The summed E-state index contributed by atoms with van der Waals surface area (Å²) < 4.78 is 8.79. The smallest absolute Gasteiger partial charge is 0.336 e. The fourth-order valence-electron chi connectivity index (χ4n) is 2.83. The van der Waals surface area contributed by atoms with E-state index in [-0.39, 0.29) is 5.63 Å². The Balaban J connectivity index is 1.66. The minimum atomic E-state index is -0.325. The van der Waals surface area contributed by atoms with Gasteiger partial charge in [0.15, 0.2) is 8.29 Å². The van der Waals surface area contributed by atoms with Gasteiger partial charge in [0.25, 0.3) is 0 Å². The molecule has 0 saturated carbocycles. The number of hydrogen-bond acceptors (Lipinski definition) is 6. The predicted octanol–water partition coefficient (Wildman–Crippen LogP) is 5.68. The van der Waals surface area contributed by atoms with Crippen LogP contribution in [0.1, 0.15) is 16.7 Å². The molecule has 0 fully saturated rings. The first-order chi connectivity index (χ1) is 13.0. The second-order valence-electron chi connectivity index (χ2n) is 6.14. The van der Waals surface area contributed by atoms with Crippen molar-refractivity contribution in [2.24, 2.45) is 0 Å². The van der Waals surface area contributed by atoms with E-state index in [1.54, 1.807) is 22.5 Å². The number of fused-ring (bicyclic) bond motifs is 1. The lowest BCUT2D eigenvalue weighted by Gasteiger charge is -2.08. The number of para-hydroxylation sites is 1. The Hall–Kier alpha value is -2.22.